The summed E-state index contributed by atoms with van der Waals surface area (Å²) in [5.41, 5.74) is 0. The lowest BCUT2D eigenvalue weighted by molar-refractivity contribution is -0.267. The van der Waals surface area contributed by atoms with Gasteiger partial charge in [0.2, 0.25) is 0 Å². The van der Waals surface area contributed by atoms with Gasteiger partial charge in [-0.2, -0.15) is 33.7 Å². The van der Waals surface area contributed by atoms with Gasteiger partial charge in [-0.25, -0.2) is 0 Å². The third-order valence-corrected chi connectivity index (χ3v) is 5.19. The molecule has 0 unspecified atom stereocenters. The molecule has 1 heterocycles. The van der Waals surface area contributed by atoms with E-state index in [4.69, 9.17) is 8.92 Å². The Balaban J connectivity index is 3.42. The molecule has 0 spiro atoms. The van der Waals surface area contributed by atoms with Crippen LogP contribution in [0.4, 0.5) is 0 Å². The van der Waals surface area contributed by atoms with Gasteiger partial charge >= 0.3 is 0 Å². The second kappa shape index (κ2) is 8.74. The molecule has 0 bridgehead atoms. The zero-order chi connectivity index (χ0) is 22.1. The van der Waals surface area contributed by atoms with Crippen LogP contribution in [-0.4, -0.2) is 101 Å². The first-order valence-electron chi connectivity index (χ1n) is 7.10. The number of hydrogen-bond donors (Lipinski definition) is 1. The maximum absolute atomic E-state index is 11.6. The summed E-state index contributed by atoms with van der Waals surface area (Å²) in [6.07, 6.45) is -7.58. The van der Waals surface area contributed by atoms with E-state index in [1.165, 1.54) is 0 Å². The van der Waals surface area contributed by atoms with Crippen LogP contribution in [0.25, 0.3) is 0 Å². The molecule has 0 radical (unpaired) electrons. The second-order valence-corrected chi connectivity index (χ2v) is 12.3. The van der Waals surface area contributed by atoms with Crippen LogP contribution in [0, 0.1) is 0 Å². The molecule has 1 N–H and O–H groups in total. The van der Waals surface area contributed by atoms with Crippen LogP contribution >= 0.6 is 0 Å². The number of rotatable bonds is 9. The van der Waals surface area contributed by atoms with Crippen molar-refractivity contribution in [1.82, 2.24) is 0 Å². The van der Waals surface area contributed by atoms with Crippen LogP contribution in [0.3, 0.4) is 0 Å². The first-order valence-corrected chi connectivity index (χ1v) is 14.4. The van der Waals surface area contributed by atoms with E-state index in [0.717, 1.165) is 0 Å². The summed E-state index contributed by atoms with van der Waals surface area (Å²) in [5, 5.41) is 10.0. The highest BCUT2D eigenvalue weighted by molar-refractivity contribution is 7.86. The average molecular weight is 493 g/mol. The van der Waals surface area contributed by atoms with Crippen molar-refractivity contribution >= 4 is 40.5 Å². The minimum absolute atomic E-state index is 0.561. The fraction of sp³-hybridized carbons (Fsp3) is 1.00. The van der Waals surface area contributed by atoms with Crippen molar-refractivity contribution in [2.45, 2.75) is 30.7 Å². The number of ether oxygens (including phenoxy) is 1. The van der Waals surface area contributed by atoms with Crippen LogP contribution in [0.2, 0.25) is 0 Å². The Morgan fingerprint density at radius 1 is 0.679 bits per heavy atom. The lowest BCUT2D eigenvalue weighted by atomic mass is 9.99. The molecular formula is C10H20O14S4. The normalized spacial score (nSPS) is 30.2. The predicted octanol–water partition coefficient (Wildman–Crippen LogP) is -3.29. The predicted molar refractivity (Wildman–Crippen MR) is 90.8 cm³/mol. The Bertz CT molecular complexity index is 963. The highest BCUT2D eigenvalue weighted by Gasteiger charge is 2.52. The quantitative estimate of drug-likeness (QED) is 0.314. The van der Waals surface area contributed by atoms with Crippen molar-refractivity contribution in [2.24, 2.45) is 0 Å². The molecule has 0 amide bonds. The molecular weight excluding hydrogens is 472 g/mol. The van der Waals surface area contributed by atoms with Gasteiger partial charge in [0.25, 0.3) is 40.5 Å². The van der Waals surface area contributed by atoms with Gasteiger partial charge in [-0.1, -0.05) is 0 Å². The number of hydrogen-bond acceptors (Lipinski definition) is 14. The van der Waals surface area contributed by atoms with Crippen molar-refractivity contribution < 1.29 is 60.2 Å². The lowest BCUT2D eigenvalue weighted by Gasteiger charge is -2.42. The van der Waals surface area contributed by atoms with Crippen LogP contribution in [0.15, 0.2) is 0 Å². The maximum atomic E-state index is 11.6. The van der Waals surface area contributed by atoms with E-state index in [1.807, 2.05) is 0 Å². The maximum Gasteiger partial charge on any atom is 0.264 e. The molecule has 14 nitrogen and oxygen atoms in total. The summed E-state index contributed by atoms with van der Waals surface area (Å²) in [7, 11) is -17.1. The molecule has 1 fully saturated rings. The molecule has 0 aromatic carbocycles. The van der Waals surface area contributed by atoms with Crippen LogP contribution < -0.4 is 0 Å². The van der Waals surface area contributed by atoms with Crippen molar-refractivity contribution in [3.8, 4) is 0 Å². The first kappa shape index (κ1) is 25.6. The monoisotopic (exact) mass is 492 g/mol. The van der Waals surface area contributed by atoms with Gasteiger partial charge in [0.1, 0.15) is 18.3 Å². The van der Waals surface area contributed by atoms with Crippen molar-refractivity contribution in [2.75, 3.05) is 31.6 Å². The third kappa shape index (κ3) is 9.37. The first-order chi connectivity index (χ1) is 12.3. The molecule has 28 heavy (non-hydrogen) atoms. The van der Waals surface area contributed by atoms with Gasteiger partial charge in [0.05, 0.1) is 31.6 Å². The van der Waals surface area contributed by atoms with Gasteiger partial charge in [0.15, 0.2) is 12.4 Å². The highest BCUT2D eigenvalue weighted by Crippen LogP contribution is 2.30. The fourth-order valence-electron chi connectivity index (χ4n) is 2.15. The lowest BCUT2D eigenvalue weighted by Crippen LogP contribution is -2.62. The molecule has 18 heteroatoms. The molecule has 0 aliphatic carbocycles. The minimum Gasteiger partial charge on any atom is -0.366 e. The Kier molecular flexibility index (Phi) is 7.99. The third-order valence-electron chi connectivity index (χ3n) is 2.91. The Morgan fingerprint density at radius 3 is 1.46 bits per heavy atom. The molecule has 1 rings (SSSR count). The van der Waals surface area contributed by atoms with E-state index in [2.05, 4.69) is 12.5 Å². The van der Waals surface area contributed by atoms with Gasteiger partial charge in [0, 0.05) is 0 Å². The zero-order valence-corrected chi connectivity index (χ0v) is 18.2. The highest BCUT2D eigenvalue weighted by atomic mass is 32.2. The molecule has 0 aromatic rings. The second-order valence-electron chi connectivity index (χ2n) is 5.85. The van der Waals surface area contributed by atoms with Crippen LogP contribution in [0.1, 0.15) is 0 Å². The van der Waals surface area contributed by atoms with E-state index >= 15 is 0 Å². The Hall–Kier alpha value is -0.440. The van der Waals surface area contributed by atoms with Gasteiger partial charge in [-0.05, 0) is 0 Å². The fourth-order valence-corrected chi connectivity index (χ4v) is 4.40. The SMILES string of the molecule is CS(=O)(=O)OC[C@H]1O[C@@H](O)[C@H](OS(C)(=O)=O)[C@@H](OS(C)(=O)=O)[C@@H]1OS(C)(=O)=O. The Labute approximate surface area is 163 Å². The zero-order valence-electron chi connectivity index (χ0n) is 15.0. The number of aliphatic hydroxyl groups excluding tert-OH is 1. The Morgan fingerprint density at radius 2 is 1.07 bits per heavy atom. The average Bonchev–Trinajstić information content (AvgIpc) is 2.39. The summed E-state index contributed by atoms with van der Waals surface area (Å²) >= 11 is 0. The van der Waals surface area contributed by atoms with E-state index in [-0.39, 0.29) is 0 Å². The van der Waals surface area contributed by atoms with Gasteiger partial charge < -0.3 is 9.84 Å². The standard InChI is InChI=1S/C10H20O14S4/c1-25(12,13)20-5-6-7(22-26(2,14)15)8(23-27(3,16)17)9(10(11)21-6)24-28(4,18)19/h6-11H,5H2,1-4H3/t6-,7-,8+,9-,10-/m1/s1. The van der Waals surface area contributed by atoms with Crippen LogP contribution in [-0.2, 0) is 61.9 Å². The smallest absolute Gasteiger partial charge is 0.264 e. The largest absolute Gasteiger partial charge is 0.366 e. The summed E-state index contributed by atoms with van der Waals surface area (Å²) in [5.74, 6) is 0. The van der Waals surface area contributed by atoms with Crippen molar-refractivity contribution in [1.29, 1.82) is 0 Å². The van der Waals surface area contributed by atoms with Gasteiger partial charge in [-0.3, -0.25) is 16.7 Å². The number of aliphatic hydroxyl groups is 1. The van der Waals surface area contributed by atoms with E-state index in [9.17, 15) is 38.8 Å². The summed E-state index contributed by atoms with van der Waals surface area (Å²) in [6.45, 7) is -0.911. The van der Waals surface area contributed by atoms with E-state index in [1.54, 1.807) is 0 Å². The molecule has 5 atom stereocenters. The van der Waals surface area contributed by atoms with Crippen molar-refractivity contribution in [3.63, 3.8) is 0 Å². The summed E-state index contributed by atoms with van der Waals surface area (Å²) < 4.78 is 115. The molecule has 0 aromatic heterocycles. The summed E-state index contributed by atoms with van der Waals surface area (Å²) in [6, 6.07) is 0. The molecule has 0 saturated carbocycles. The van der Waals surface area contributed by atoms with Crippen LogP contribution in [0.5, 0.6) is 0 Å². The molecule has 168 valence electrons. The van der Waals surface area contributed by atoms with E-state index < -0.39 is 77.8 Å². The topological polar surface area (TPSA) is 203 Å². The van der Waals surface area contributed by atoms with Crippen molar-refractivity contribution in [3.05, 3.63) is 0 Å². The minimum atomic E-state index is -4.37. The molecule has 1 aliphatic rings. The van der Waals surface area contributed by atoms with Gasteiger partial charge in [-0.15, -0.1) is 0 Å². The molecule has 1 saturated heterocycles. The molecule has 1 aliphatic heterocycles. The summed E-state index contributed by atoms with van der Waals surface area (Å²) in [4.78, 5) is 0. The van der Waals surface area contributed by atoms with E-state index in [0.29, 0.717) is 25.0 Å².